The molecule has 0 aliphatic heterocycles. The molecule has 0 bridgehead atoms. The first-order valence-corrected chi connectivity index (χ1v) is 10.2. The number of aryl methyl sites for hydroxylation is 1. The van der Waals surface area contributed by atoms with Crippen molar-refractivity contribution in [1.29, 1.82) is 0 Å². The molecule has 5 heteroatoms. The van der Waals surface area contributed by atoms with Gasteiger partial charge in [0.25, 0.3) is 11.5 Å². The summed E-state index contributed by atoms with van der Waals surface area (Å²) in [7, 11) is 0. The van der Waals surface area contributed by atoms with Gasteiger partial charge in [0, 0.05) is 25.9 Å². The first-order valence-electron chi connectivity index (χ1n) is 10.2. The van der Waals surface area contributed by atoms with Crippen LogP contribution in [0.15, 0.2) is 77.7 Å². The van der Waals surface area contributed by atoms with E-state index in [1.165, 1.54) is 0 Å². The van der Waals surface area contributed by atoms with Gasteiger partial charge in [0.2, 0.25) is 0 Å². The Labute approximate surface area is 177 Å². The number of carbonyl (C=O) groups excluding carboxylic acids is 1. The number of hydrogen-bond acceptors (Lipinski definition) is 3. The van der Waals surface area contributed by atoms with Gasteiger partial charge in [-0.1, -0.05) is 60.7 Å². The third kappa shape index (κ3) is 4.86. The molecule has 1 N–H and O–H groups in total. The lowest BCUT2D eigenvalue weighted by Crippen LogP contribution is -2.38. The lowest BCUT2D eigenvalue weighted by molar-refractivity contribution is 0.0728. The number of hydrogen-bond donors (Lipinski definition) is 1. The quantitative estimate of drug-likeness (QED) is 0.621. The highest BCUT2D eigenvalue weighted by Crippen LogP contribution is 2.18. The summed E-state index contributed by atoms with van der Waals surface area (Å²) in [6.45, 7) is 4.50. The Bertz CT molecular complexity index is 1030. The Hall–Kier alpha value is -3.18. The minimum Gasteiger partial charge on any atom is -0.396 e. The molecule has 0 spiro atoms. The highest BCUT2D eigenvalue weighted by atomic mass is 16.3. The Morgan fingerprint density at radius 3 is 2.30 bits per heavy atom. The number of amides is 1. The van der Waals surface area contributed by atoms with Crippen LogP contribution in [0.3, 0.4) is 0 Å². The molecule has 2 aromatic carbocycles. The van der Waals surface area contributed by atoms with Crippen molar-refractivity contribution in [3.8, 4) is 0 Å². The molecular weight excluding hydrogens is 376 g/mol. The van der Waals surface area contributed by atoms with E-state index in [1.54, 1.807) is 22.6 Å². The topological polar surface area (TPSA) is 62.5 Å². The third-order valence-electron chi connectivity index (χ3n) is 5.33. The van der Waals surface area contributed by atoms with Crippen LogP contribution in [0.5, 0.6) is 0 Å². The summed E-state index contributed by atoms with van der Waals surface area (Å²) in [4.78, 5) is 28.4. The molecule has 1 heterocycles. The summed E-state index contributed by atoms with van der Waals surface area (Å²) in [5, 5.41) is 9.28. The van der Waals surface area contributed by atoms with Gasteiger partial charge in [-0.05, 0) is 43.0 Å². The monoisotopic (exact) mass is 404 g/mol. The molecule has 1 aromatic heterocycles. The zero-order valence-electron chi connectivity index (χ0n) is 17.5. The number of aliphatic hydroxyl groups is 1. The van der Waals surface area contributed by atoms with Crippen molar-refractivity contribution < 1.29 is 9.90 Å². The highest BCUT2D eigenvalue weighted by molar-refractivity contribution is 5.95. The van der Waals surface area contributed by atoms with E-state index in [2.05, 4.69) is 0 Å². The summed E-state index contributed by atoms with van der Waals surface area (Å²) in [6.07, 6.45) is 2.21. The van der Waals surface area contributed by atoms with Crippen molar-refractivity contribution in [2.45, 2.75) is 32.9 Å². The van der Waals surface area contributed by atoms with Crippen molar-refractivity contribution in [3.05, 3.63) is 106 Å². The minimum absolute atomic E-state index is 0.0123. The molecule has 1 unspecified atom stereocenters. The minimum atomic E-state index is -0.301. The number of rotatable bonds is 8. The molecule has 0 saturated carbocycles. The molecule has 30 heavy (non-hydrogen) atoms. The van der Waals surface area contributed by atoms with Gasteiger partial charge in [0.1, 0.15) is 5.56 Å². The average molecular weight is 405 g/mol. The molecule has 0 radical (unpaired) electrons. The third-order valence-corrected chi connectivity index (χ3v) is 5.33. The Balaban J connectivity index is 1.97. The van der Waals surface area contributed by atoms with Crippen molar-refractivity contribution in [1.82, 2.24) is 9.47 Å². The fraction of sp³-hybridized carbons (Fsp3) is 0.280. The van der Waals surface area contributed by atoms with E-state index >= 15 is 0 Å². The number of nitrogens with zero attached hydrogens (tertiary/aromatic N) is 2. The molecule has 0 fully saturated rings. The summed E-state index contributed by atoms with van der Waals surface area (Å²) in [6, 6.07) is 21.1. The van der Waals surface area contributed by atoms with Gasteiger partial charge >= 0.3 is 0 Å². The first kappa shape index (κ1) is 21.5. The molecule has 5 nitrogen and oxygen atoms in total. The van der Waals surface area contributed by atoms with Gasteiger partial charge < -0.3 is 14.6 Å². The first-order chi connectivity index (χ1) is 14.5. The summed E-state index contributed by atoms with van der Waals surface area (Å²) >= 11 is 0. The SMILES string of the molecule is Cc1ccn(C(C)c2ccccc2)c(=O)c1C(=O)N(CCCO)Cc1ccccc1. The van der Waals surface area contributed by atoms with E-state index in [1.807, 2.05) is 73.7 Å². The van der Waals surface area contributed by atoms with Crippen molar-refractivity contribution >= 4 is 5.91 Å². The van der Waals surface area contributed by atoms with Crippen molar-refractivity contribution in [3.63, 3.8) is 0 Å². The van der Waals surface area contributed by atoms with Gasteiger partial charge in [0.05, 0.1) is 6.04 Å². The molecule has 1 amide bonds. The maximum absolute atomic E-state index is 13.4. The summed E-state index contributed by atoms with van der Waals surface area (Å²) < 4.78 is 1.61. The second-order valence-electron chi connectivity index (χ2n) is 7.46. The van der Waals surface area contributed by atoms with Crippen LogP contribution >= 0.6 is 0 Å². The van der Waals surface area contributed by atoms with Crippen molar-refractivity contribution in [2.75, 3.05) is 13.2 Å². The maximum Gasteiger partial charge on any atom is 0.264 e. The van der Waals surface area contributed by atoms with Crippen LogP contribution in [0.1, 0.15) is 46.4 Å². The van der Waals surface area contributed by atoms with Crippen LogP contribution in [0, 0.1) is 6.92 Å². The van der Waals surface area contributed by atoms with Crippen LogP contribution in [-0.2, 0) is 6.54 Å². The molecule has 156 valence electrons. The molecule has 1 atom stereocenters. The van der Waals surface area contributed by atoms with E-state index in [9.17, 15) is 14.7 Å². The molecule has 0 saturated heterocycles. The Morgan fingerprint density at radius 2 is 1.67 bits per heavy atom. The average Bonchev–Trinajstić information content (AvgIpc) is 2.77. The van der Waals surface area contributed by atoms with E-state index < -0.39 is 0 Å². The number of pyridine rings is 1. The fourth-order valence-electron chi connectivity index (χ4n) is 3.57. The fourth-order valence-corrected chi connectivity index (χ4v) is 3.57. The summed E-state index contributed by atoms with van der Waals surface area (Å²) in [5.41, 5.74) is 2.54. The van der Waals surface area contributed by atoms with E-state index in [0.29, 0.717) is 25.1 Å². The van der Waals surface area contributed by atoms with Gasteiger partial charge in [-0.2, -0.15) is 0 Å². The van der Waals surface area contributed by atoms with Gasteiger partial charge in [-0.25, -0.2) is 0 Å². The number of aromatic nitrogens is 1. The zero-order valence-corrected chi connectivity index (χ0v) is 17.5. The summed E-state index contributed by atoms with van der Waals surface area (Å²) in [5.74, 6) is -0.301. The van der Waals surface area contributed by atoms with Gasteiger partial charge in [-0.3, -0.25) is 9.59 Å². The molecule has 3 rings (SSSR count). The lowest BCUT2D eigenvalue weighted by atomic mass is 10.1. The van der Waals surface area contributed by atoms with Crippen LogP contribution < -0.4 is 5.56 Å². The Kier molecular flexibility index (Phi) is 7.20. The van der Waals surface area contributed by atoms with E-state index in [4.69, 9.17) is 0 Å². The molecule has 3 aromatic rings. The Morgan fingerprint density at radius 1 is 1.03 bits per heavy atom. The standard InChI is InChI=1S/C25H28N2O3/c1-19-14-16-27(20(2)22-12-7-4-8-13-22)25(30)23(19)24(29)26(15-9-17-28)18-21-10-5-3-6-11-21/h3-8,10-14,16,20,28H,9,15,17-18H2,1-2H3. The van der Waals surface area contributed by atoms with Gasteiger partial charge in [-0.15, -0.1) is 0 Å². The number of benzene rings is 2. The van der Waals surface area contributed by atoms with Crippen molar-refractivity contribution in [2.24, 2.45) is 0 Å². The second-order valence-corrected chi connectivity index (χ2v) is 7.46. The lowest BCUT2D eigenvalue weighted by Gasteiger charge is -2.24. The predicted octanol–water partition coefficient (Wildman–Crippen LogP) is 3.79. The smallest absolute Gasteiger partial charge is 0.264 e. The highest BCUT2D eigenvalue weighted by Gasteiger charge is 2.23. The van der Waals surface area contributed by atoms with Crippen LogP contribution in [-0.4, -0.2) is 33.6 Å². The number of aliphatic hydroxyl groups excluding tert-OH is 1. The van der Waals surface area contributed by atoms with E-state index in [0.717, 1.165) is 11.1 Å². The molecule has 0 aliphatic rings. The van der Waals surface area contributed by atoms with Crippen LogP contribution in [0.4, 0.5) is 0 Å². The number of carbonyl (C=O) groups is 1. The van der Waals surface area contributed by atoms with Gasteiger partial charge in [0.15, 0.2) is 0 Å². The predicted molar refractivity (Wildman–Crippen MR) is 119 cm³/mol. The van der Waals surface area contributed by atoms with Crippen LogP contribution in [0.2, 0.25) is 0 Å². The van der Waals surface area contributed by atoms with E-state index in [-0.39, 0.29) is 29.7 Å². The largest absolute Gasteiger partial charge is 0.396 e. The molecular formula is C25H28N2O3. The second kappa shape index (κ2) is 10.0. The molecule has 0 aliphatic carbocycles. The van der Waals surface area contributed by atoms with Crippen LogP contribution in [0.25, 0.3) is 0 Å². The normalized spacial score (nSPS) is 11.8. The maximum atomic E-state index is 13.4. The zero-order chi connectivity index (χ0) is 21.5.